The Bertz CT molecular complexity index is 321. The van der Waals surface area contributed by atoms with E-state index in [4.69, 9.17) is 10.8 Å². The molecule has 0 aliphatic rings. The van der Waals surface area contributed by atoms with Gasteiger partial charge in [0, 0.05) is 19.1 Å². The Kier molecular flexibility index (Phi) is 5.62. The van der Waals surface area contributed by atoms with E-state index in [2.05, 4.69) is 43.0 Å². The summed E-state index contributed by atoms with van der Waals surface area (Å²) in [5, 5.41) is 8.96. The van der Waals surface area contributed by atoms with Crippen LogP contribution in [-0.4, -0.2) is 36.8 Å². The molecule has 96 valence electrons. The van der Waals surface area contributed by atoms with Crippen LogP contribution < -0.4 is 5.73 Å². The first-order chi connectivity index (χ1) is 8.10. The second-order valence-corrected chi connectivity index (χ2v) is 4.78. The number of aliphatic hydroxyl groups excluding tert-OH is 1. The van der Waals surface area contributed by atoms with Crippen molar-refractivity contribution in [3.63, 3.8) is 0 Å². The molecule has 3 N–H and O–H groups in total. The molecule has 3 heteroatoms. The molecule has 0 saturated carbocycles. The van der Waals surface area contributed by atoms with Crippen molar-refractivity contribution in [2.45, 2.75) is 25.8 Å². The predicted molar refractivity (Wildman–Crippen MR) is 72.0 cm³/mol. The summed E-state index contributed by atoms with van der Waals surface area (Å²) in [7, 11) is 1.99. The standard InChI is InChI=1S/C14H24N2O/c1-11(2)12-4-6-13(7-5-12)14(10-15)16(3)8-9-17/h4-7,11,14,17H,8-10,15H2,1-3H3. The maximum atomic E-state index is 8.96. The van der Waals surface area contributed by atoms with E-state index in [-0.39, 0.29) is 12.6 Å². The van der Waals surface area contributed by atoms with E-state index in [1.165, 1.54) is 11.1 Å². The first-order valence-electron chi connectivity index (χ1n) is 6.21. The van der Waals surface area contributed by atoms with E-state index in [0.29, 0.717) is 19.0 Å². The van der Waals surface area contributed by atoms with Crippen molar-refractivity contribution < 1.29 is 5.11 Å². The molecule has 1 atom stereocenters. The molecule has 1 aromatic rings. The molecule has 17 heavy (non-hydrogen) atoms. The monoisotopic (exact) mass is 236 g/mol. The van der Waals surface area contributed by atoms with Crippen molar-refractivity contribution in [3.05, 3.63) is 35.4 Å². The van der Waals surface area contributed by atoms with Gasteiger partial charge in [-0.15, -0.1) is 0 Å². The lowest BCUT2D eigenvalue weighted by Gasteiger charge is -2.26. The Balaban J connectivity index is 2.82. The van der Waals surface area contributed by atoms with Crippen molar-refractivity contribution in [1.82, 2.24) is 4.90 Å². The van der Waals surface area contributed by atoms with Gasteiger partial charge < -0.3 is 10.8 Å². The lowest BCUT2D eigenvalue weighted by atomic mass is 9.98. The fraction of sp³-hybridized carbons (Fsp3) is 0.571. The van der Waals surface area contributed by atoms with E-state index >= 15 is 0 Å². The van der Waals surface area contributed by atoms with Gasteiger partial charge in [-0.2, -0.15) is 0 Å². The zero-order valence-electron chi connectivity index (χ0n) is 11.1. The Morgan fingerprint density at radius 3 is 2.12 bits per heavy atom. The lowest BCUT2D eigenvalue weighted by molar-refractivity contribution is 0.183. The minimum Gasteiger partial charge on any atom is -0.395 e. The molecule has 0 radical (unpaired) electrons. The number of nitrogens with two attached hydrogens (primary N) is 1. The number of likely N-dealkylation sites (N-methyl/N-ethyl adjacent to an activating group) is 1. The van der Waals surface area contributed by atoms with Gasteiger partial charge in [0.1, 0.15) is 0 Å². The summed E-state index contributed by atoms with van der Waals surface area (Å²) < 4.78 is 0. The summed E-state index contributed by atoms with van der Waals surface area (Å²) in [4.78, 5) is 2.09. The summed E-state index contributed by atoms with van der Waals surface area (Å²) in [5.41, 5.74) is 8.37. The third-order valence-electron chi connectivity index (χ3n) is 3.20. The molecular weight excluding hydrogens is 212 g/mol. The molecule has 0 aromatic heterocycles. The van der Waals surface area contributed by atoms with Crippen molar-refractivity contribution in [1.29, 1.82) is 0 Å². The molecule has 0 spiro atoms. The van der Waals surface area contributed by atoms with Crippen LogP contribution in [-0.2, 0) is 0 Å². The van der Waals surface area contributed by atoms with Crippen LogP contribution >= 0.6 is 0 Å². The number of aliphatic hydroxyl groups is 1. The van der Waals surface area contributed by atoms with Gasteiger partial charge in [0.15, 0.2) is 0 Å². The van der Waals surface area contributed by atoms with Crippen molar-refractivity contribution in [2.24, 2.45) is 5.73 Å². The number of benzene rings is 1. The van der Waals surface area contributed by atoms with Crippen LogP contribution in [0.3, 0.4) is 0 Å². The summed E-state index contributed by atoms with van der Waals surface area (Å²) >= 11 is 0. The van der Waals surface area contributed by atoms with Crippen molar-refractivity contribution >= 4 is 0 Å². The molecule has 0 saturated heterocycles. The van der Waals surface area contributed by atoms with E-state index in [1.54, 1.807) is 0 Å². The molecular formula is C14H24N2O. The number of nitrogens with zero attached hydrogens (tertiary/aromatic N) is 1. The van der Waals surface area contributed by atoms with Gasteiger partial charge in [-0.3, -0.25) is 4.90 Å². The van der Waals surface area contributed by atoms with Gasteiger partial charge in [-0.05, 0) is 24.1 Å². The Morgan fingerprint density at radius 1 is 1.18 bits per heavy atom. The number of hydrogen-bond donors (Lipinski definition) is 2. The van der Waals surface area contributed by atoms with Gasteiger partial charge in [0.2, 0.25) is 0 Å². The normalized spacial score (nSPS) is 13.4. The van der Waals surface area contributed by atoms with Crippen LogP contribution in [0.25, 0.3) is 0 Å². The Labute approximate surface area is 104 Å². The van der Waals surface area contributed by atoms with Crippen LogP contribution in [0.4, 0.5) is 0 Å². The zero-order valence-corrected chi connectivity index (χ0v) is 11.1. The number of hydrogen-bond acceptors (Lipinski definition) is 3. The molecule has 3 nitrogen and oxygen atoms in total. The second-order valence-electron chi connectivity index (χ2n) is 4.78. The number of rotatable bonds is 6. The summed E-state index contributed by atoms with van der Waals surface area (Å²) in [6.45, 7) is 5.75. The van der Waals surface area contributed by atoms with Crippen LogP contribution in [0.5, 0.6) is 0 Å². The summed E-state index contributed by atoms with van der Waals surface area (Å²) in [5.74, 6) is 0.551. The fourth-order valence-electron chi connectivity index (χ4n) is 1.99. The van der Waals surface area contributed by atoms with Gasteiger partial charge in [0.25, 0.3) is 0 Å². The van der Waals surface area contributed by atoms with E-state index in [0.717, 1.165) is 0 Å². The van der Waals surface area contributed by atoms with Gasteiger partial charge >= 0.3 is 0 Å². The Morgan fingerprint density at radius 2 is 1.71 bits per heavy atom. The largest absolute Gasteiger partial charge is 0.395 e. The third-order valence-corrected chi connectivity index (χ3v) is 3.20. The highest BCUT2D eigenvalue weighted by Crippen LogP contribution is 2.21. The van der Waals surface area contributed by atoms with E-state index in [9.17, 15) is 0 Å². The molecule has 0 amide bonds. The first-order valence-corrected chi connectivity index (χ1v) is 6.21. The molecule has 1 aromatic carbocycles. The molecule has 0 heterocycles. The van der Waals surface area contributed by atoms with E-state index < -0.39 is 0 Å². The van der Waals surface area contributed by atoms with Crippen LogP contribution in [0.1, 0.15) is 36.9 Å². The minimum absolute atomic E-state index is 0.164. The smallest absolute Gasteiger partial charge is 0.0558 e. The van der Waals surface area contributed by atoms with Gasteiger partial charge in [0.05, 0.1) is 6.61 Å². The van der Waals surface area contributed by atoms with Gasteiger partial charge in [-0.25, -0.2) is 0 Å². The first kappa shape index (κ1) is 14.2. The van der Waals surface area contributed by atoms with Gasteiger partial charge in [-0.1, -0.05) is 38.1 Å². The molecule has 1 unspecified atom stereocenters. The van der Waals surface area contributed by atoms with Crippen molar-refractivity contribution in [2.75, 3.05) is 26.7 Å². The average Bonchev–Trinajstić information content (AvgIpc) is 2.31. The maximum Gasteiger partial charge on any atom is 0.0558 e. The highest BCUT2D eigenvalue weighted by Gasteiger charge is 2.14. The lowest BCUT2D eigenvalue weighted by Crippen LogP contribution is -2.32. The summed E-state index contributed by atoms with van der Waals surface area (Å²) in [6, 6.07) is 8.79. The SMILES string of the molecule is CC(C)c1ccc(C(CN)N(C)CCO)cc1. The molecule has 0 aliphatic heterocycles. The topological polar surface area (TPSA) is 49.5 Å². The molecule has 1 rings (SSSR count). The molecule has 0 fully saturated rings. The predicted octanol–water partition coefficient (Wildman–Crippen LogP) is 1.73. The van der Waals surface area contributed by atoms with Crippen molar-refractivity contribution in [3.8, 4) is 0 Å². The van der Waals surface area contributed by atoms with Crippen LogP contribution in [0.2, 0.25) is 0 Å². The highest BCUT2D eigenvalue weighted by molar-refractivity contribution is 5.27. The van der Waals surface area contributed by atoms with Crippen LogP contribution in [0, 0.1) is 0 Å². The summed E-state index contributed by atoms with van der Waals surface area (Å²) in [6.07, 6.45) is 0. The second kappa shape index (κ2) is 6.74. The third kappa shape index (κ3) is 3.80. The average molecular weight is 236 g/mol. The Hall–Kier alpha value is -0.900. The van der Waals surface area contributed by atoms with Crippen LogP contribution in [0.15, 0.2) is 24.3 Å². The molecule has 0 bridgehead atoms. The fourth-order valence-corrected chi connectivity index (χ4v) is 1.99. The minimum atomic E-state index is 0.164. The zero-order chi connectivity index (χ0) is 12.8. The maximum absolute atomic E-state index is 8.96. The van der Waals surface area contributed by atoms with E-state index in [1.807, 2.05) is 7.05 Å². The highest BCUT2D eigenvalue weighted by atomic mass is 16.3. The molecule has 0 aliphatic carbocycles. The quantitative estimate of drug-likeness (QED) is 0.791.